The quantitative estimate of drug-likeness (QED) is 0.563. The maximum absolute atomic E-state index is 9.59. The minimum atomic E-state index is -1.16. The molecule has 2 rings (SSSR count). The smallest absolute Gasteiger partial charge is 0.115 e. The molecular formula is C13H19N3O3. The average Bonchev–Trinajstić information content (AvgIpc) is 2.80. The van der Waals surface area contributed by atoms with Crippen LogP contribution >= 0.6 is 0 Å². The van der Waals surface area contributed by atoms with Crippen LogP contribution in [0.5, 0.6) is 0 Å². The van der Waals surface area contributed by atoms with Gasteiger partial charge in [0.05, 0.1) is 30.9 Å². The lowest BCUT2D eigenvalue weighted by Gasteiger charge is -2.31. The number of aryl methyl sites for hydroxylation is 1. The molecule has 0 aliphatic carbocycles. The Hall–Kier alpha value is -1.63. The first-order valence-corrected chi connectivity index (χ1v) is 6.21. The average molecular weight is 265 g/mol. The van der Waals surface area contributed by atoms with E-state index in [9.17, 15) is 15.3 Å². The number of benzene rings is 1. The first kappa shape index (κ1) is 13.8. The summed E-state index contributed by atoms with van der Waals surface area (Å²) in [5.41, 5.74) is 6.61. The van der Waals surface area contributed by atoms with Crippen LogP contribution in [0.15, 0.2) is 18.2 Å². The molecule has 0 aliphatic heterocycles. The van der Waals surface area contributed by atoms with Crippen molar-refractivity contribution in [1.82, 2.24) is 9.55 Å². The van der Waals surface area contributed by atoms with Crippen LogP contribution in [0.25, 0.3) is 11.0 Å². The van der Waals surface area contributed by atoms with E-state index in [-0.39, 0.29) is 19.8 Å². The molecule has 0 unspecified atom stereocenters. The van der Waals surface area contributed by atoms with Crippen LogP contribution in [0.2, 0.25) is 0 Å². The number of nitrogens with zero attached hydrogens (tertiary/aromatic N) is 2. The second-order valence-corrected chi connectivity index (χ2v) is 4.66. The number of hydrogen-bond donors (Lipinski definition) is 4. The highest BCUT2D eigenvalue weighted by atomic mass is 16.3. The normalized spacial score (nSPS) is 12.2. The van der Waals surface area contributed by atoms with Crippen LogP contribution in [-0.4, -0.2) is 44.7 Å². The van der Waals surface area contributed by atoms with Crippen molar-refractivity contribution in [3.63, 3.8) is 0 Å². The van der Waals surface area contributed by atoms with Crippen LogP contribution in [0, 0.1) is 0 Å². The van der Waals surface area contributed by atoms with Gasteiger partial charge in [0.1, 0.15) is 11.4 Å². The second-order valence-electron chi connectivity index (χ2n) is 4.66. The highest BCUT2D eigenvalue weighted by Crippen LogP contribution is 2.27. The fraction of sp³-hybridized carbons (Fsp3) is 0.462. The fourth-order valence-electron chi connectivity index (χ4n) is 2.28. The molecule has 0 amide bonds. The third kappa shape index (κ3) is 2.07. The van der Waals surface area contributed by atoms with Crippen LogP contribution < -0.4 is 5.73 Å². The Morgan fingerprint density at radius 3 is 2.37 bits per heavy atom. The van der Waals surface area contributed by atoms with Crippen LogP contribution in [-0.2, 0) is 12.0 Å². The molecule has 1 aromatic carbocycles. The number of imidazole rings is 1. The monoisotopic (exact) mass is 265 g/mol. The molecule has 0 atom stereocenters. The van der Waals surface area contributed by atoms with E-state index >= 15 is 0 Å². The number of rotatable bonds is 5. The van der Waals surface area contributed by atoms with Crippen molar-refractivity contribution in [2.24, 2.45) is 0 Å². The van der Waals surface area contributed by atoms with E-state index < -0.39 is 5.54 Å². The van der Waals surface area contributed by atoms with Crippen molar-refractivity contribution in [3.05, 3.63) is 24.0 Å². The van der Waals surface area contributed by atoms with Gasteiger partial charge in [-0.05, 0) is 18.2 Å². The van der Waals surface area contributed by atoms with E-state index in [1.807, 2.05) is 6.92 Å². The summed E-state index contributed by atoms with van der Waals surface area (Å²) in [6.45, 7) is 0.812. The molecule has 1 aromatic heterocycles. The van der Waals surface area contributed by atoms with Crippen molar-refractivity contribution in [2.75, 3.05) is 25.6 Å². The molecular weight excluding hydrogens is 246 g/mol. The number of fused-ring (bicyclic) bond motifs is 1. The fourth-order valence-corrected chi connectivity index (χ4v) is 2.28. The molecule has 0 spiro atoms. The predicted octanol–water partition coefficient (Wildman–Crippen LogP) is -0.147. The van der Waals surface area contributed by atoms with Gasteiger partial charge in [0.25, 0.3) is 0 Å². The molecule has 0 saturated heterocycles. The van der Waals surface area contributed by atoms with Crippen molar-refractivity contribution < 1.29 is 15.3 Å². The van der Waals surface area contributed by atoms with Gasteiger partial charge in [-0.15, -0.1) is 0 Å². The molecule has 0 fully saturated rings. The van der Waals surface area contributed by atoms with Gasteiger partial charge >= 0.3 is 0 Å². The lowest BCUT2D eigenvalue weighted by atomic mass is 10.0. The Balaban J connectivity index is 2.76. The van der Waals surface area contributed by atoms with Gasteiger partial charge in [-0.2, -0.15) is 0 Å². The molecule has 5 N–H and O–H groups in total. The molecule has 6 heteroatoms. The van der Waals surface area contributed by atoms with Crippen LogP contribution in [0.4, 0.5) is 5.69 Å². The minimum Gasteiger partial charge on any atom is -0.399 e. The van der Waals surface area contributed by atoms with Gasteiger partial charge in [0.15, 0.2) is 0 Å². The lowest BCUT2D eigenvalue weighted by Crippen LogP contribution is -2.45. The van der Waals surface area contributed by atoms with Crippen molar-refractivity contribution >= 4 is 16.7 Å². The number of aliphatic hydroxyl groups excluding tert-OH is 3. The summed E-state index contributed by atoms with van der Waals surface area (Å²) in [6.07, 6.45) is 0.621. The van der Waals surface area contributed by atoms with Crippen molar-refractivity contribution in [3.8, 4) is 0 Å². The van der Waals surface area contributed by atoms with Gasteiger partial charge in [0.2, 0.25) is 0 Å². The molecule has 1 heterocycles. The van der Waals surface area contributed by atoms with Gasteiger partial charge < -0.3 is 25.6 Å². The highest BCUT2D eigenvalue weighted by Gasteiger charge is 2.33. The lowest BCUT2D eigenvalue weighted by molar-refractivity contribution is 0.0162. The van der Waals surface area contributed by atoms with E-state index in [0.717, 1.165) is 5.52 Å². The molecule has 0 saturated carbocycles. The Morgan fingerprint density at radius 2 is 1.84 bits per heavy atom. The predicted molar refractivity (Wildman–Crippen MR) is 72.8 cm³/mol. The van der Waals surface area contributed by atoms with Crippen molar-refractivity contribution in [2.45, 2.75) is 18.9 Å². The molecule has 2 aromatic rings. The third-order valence-corrected chi connectivity index (χ3v) is 3.42. The van der Waals surface area contributed by atoms with E-state index in [0.29, 0.717) is 23.4 Å². The van der Waals surface area contributed by atoms with Crippen LogP contribution in [0.3, 0.4) is 0 Å². The first-order chi connectivity index (χ1) is 9.11. The van der Waals surface area contributed by atoms with Crippen LogP contribution in [0.1, 0.15) is 12.7 Å². The van der Waals surface area contributed by atoms with E-state index in [2.05, 4.69) is 4.98 Å². The van der Waals surface area contributed by atoms with E-state index in [4.69, 9.17) is 5.73 Å². The SMILES string of the molecule is CCc1nc2cc(N)ccc2n1C(CO)(CO)CO. The number of hydrogen-bond acceptors (Lipinski definition) is 5. The molecule has 0 bridgehead atoms. The maximum Gasteiger partial charge on any atom is 0.115 e. The summed E-state index contributed by atoms with van der Waals surface area (Å²) >= 11 is 0. The zero-order chi connectivity index (χ0) is 14.0. The molecule has 104 valence electrons. The van der Waals surface area contributed by atoms with E-state index in [1.165, 1.54) is 0 Å². The number of nitrogens with two attached hydrogens (primary N) is 1. The molecule has 0 aliphatic rings. The Bertz CT molecular complexity index is 567. The van der Waals surface area contributed by atoms with Gasteiger partial charge in [-0.1, -0.05) is 6.92 Å². The Morgan fingerprint density at radius 1 is 1.21 bits per heavy atom. The minimum absolute atomic E-state index is 0.372. The second kappa shape index (κ2) is 5.16. The first-order valence-electron chi connectivity index (χ1n) is 6.21. The van der Waals surface area contributed by atoms with Gasteiger partial charge in [-0.3, -0.25) is 0 Å². The van der Waals surface area contributed by atoms with Gasteiger partial charge in [0, 0.05) is 12.1 Å². The van der Waals surface area contributed by atoms with Gasteiger partial charge in [-0.25, -0.2) is 4.98 Å². The van der Waals surface area contributed by atoms with Crippen molar-refractivity contribution in [1.29, 1.82) is 0 Å². The summed E-state index contributed by atoms with van der Waals surface area (Å²) in [5, 5.41) is 28.8. The topological polar surface area (TPSA) is 105 Å². The number of aliphatic hydroxyl groups is 3. The standard InChI is InChI=1S/C13H19N3O3/c1-2-12-15-10-5-9(14)3-4-11(10)16(12)13(6-17,7-18)8-19/h3-5,17-19H,2,6-8,14H2,1H3. The summed E-state index contributed by atoms with van der Waals surface area (Å²) < 4.78 is 1.71. The maximum atomic E-state index is 9.59. The number of aromatic nitrogens is 2. The zero-order valence-corrected chi connectivity index (χ0v) is 10.9. The summed E-state index contributed by atoms with van der Waals surface area (Å²) in [6, 6.07) is 5.26. The zero-order valence-electron chi connectivity index (χ0n) is 10.9. The third-order valence-electron chi connectivity index (χ3n) is 3.42. The molecule has 6 nitrogen and oxygen atoms in total. The highest BCUT2D eigenvalue weighted by molar-refractivity contribution is 5.80. The summed E-state index contributed by atoms with van der Waals surface area (Å²) in [4.78, 5) is 4.45. The summed E-state index contributed by atoms with van der Waals surface area (Å²) in [5.74, 6) is 0.692. The summed E-state index contributed by atoms with van der Waals surface area (Å²) in [7, 11) is 0. The molecule has 0 radical (unpaired) electrons. The Kier molecular flexibility index (Phi) is 3.75. The largest absolute Gasteiger partial charge is 0.399 e. The molecule has 19 heavy (non-hydrogen) atoms. The van der Waals surface area contributed by atoms with E-state index in [1.54, 1.807) is 22.8 Å². The number of nitrogen functional groups attached to an aromatic ring is 1. The number of anilines is 1. The Labute approximate surface area is 111 Å².